The van der Waals surface area contributed by atoms with Crippen molar-refractivity contribution in [1.29, 1.82) is 5.26 Å². The largest absolute Gasteiger partial charge is 0.354 e. The van der Waals surface area contributed by atoms with Crippen LogP contribution in [0.1, 0.15) is 51.6 Å². The summed E-state index contributed by atoms with van der Waals surface area (Å²) in [5.41, 5.74) is 2.01. The summed E-state index contributed by atoms with van der Waals surface area (Å²) in [5.74, 6) is 0.988. The van der Waals surface area contributed by atoms with Gasteiger partial charge in [0.15, 0.2) is 0 Å². The van der Waals surface area contributed by atoms with Gasteiger partial charge < -0.3 is 5.32 Å². The molecule has 0 bridgehead atoms. The minimum Gasteiger partial charge on any atom is -0.354 e. The number of pyridine rings is 1. The predicted octanol–water partition coefficient (Wildman–Crippen LogP) is 4.17. The average molecular weight is 284 g/mol. The van der Waals surface area contributed by atoms with E-state index in [0.717, 1.165) is 55.7 Å². The lowest BCUT2D eigenvalue weighted by Gasteiger charge is -2.13. The van der Waals surface area contributed by atoms with Gasteiger partial charge in [-0.25, -0.2) is 4.98 Å². The average Bonchev–Trinajstić information content (AvgIpc) is 2.87. The molecule has 0 fully saturated rings. The highest BCUT2D eigenvalue weighted by atomic mass is 15.1. The van der Waals surface area contributed by atoms with Crippen LogP contribution in [0.15, 0.2) is 24.4 Å². The summed E-state index contributed by atoms with van der Waals surface area (Å²) in [5, 5.41) is 12.8. The van der Waals surface area contributed by atoms with Crippen LogP contribution in [-0.2, 0) is 6.42 Å². The zero-order valence-corrected chi connectivity index (χ0v) is 13.0. The van der Waals surface area contributed by atoms with Crippen LogP contribution < -0.4 is 5.32 Å². The Kier molecular flexibility index (Phi) is 5.62. The fraction of sp³-hybridized carbons (Fsp3) is 0.529. The second-order valence-corrected chi connectivity index (χ2v) is 5.41. The number of anilines is 1. The number of nitriles is 1. The summed E-state index contributed by atoms with van der Waals surface area (Å²) >= 11 is 0. The molecule has 0 spiro atoms. The molecule has 0 saturated heterocycles. The molecule has 0 amide bonds. The van der Waals surface area contributed by atoms with Gasteiger partial charge in [-0.2, -0.15) is 5.26 Å². The molecule has 0 saturated carbocycles. The smallest absolute Gasteiger partial charge is 0.138 e. The third kappa shape index (κ3) is 3.75. The molecule has 2 aromatic heterocycles. The Morgan fingerprint density at radius 3 is 2.81 bits per heavy atom. The highest BCUT2D eigenvalue weighted by Gasteiger charge is 2.15. The number of aromatic nitrogens is 2. The van der Waals surface area contributed by atoms with Gasteiger partial charge in [-0.05, 0) is 31.4 Å². The van der Waals surface area contributed by atoms with Crippen molar-refractivity contribution >= 4 is 11.5 Å². The Balaban J connectivity index is 2.28. The van der Waals surface area contributed by atoms with Crippen LogP contribution in [0.2, 0.25) is 0 Å². The Morgan fingerprint density at radius 2 is 2.10 bits per heavy atom. The van der Waals surface area contributed by atoms with Crippen molar-refractivity contribution in [3.05, 3.63) is 30.1 Å². The van der Waals surface area contributed by atoms with Gasteiger partial charge in [-0.15, -0.1) is 0 Å². The normalized spacial score (nSPS) is 12.2. The SMILES string of the molecule is CCCCc1nc2ccccn2c1NC(C#N)CCCC. The van der Waals surface area contributed by atoms with E-state index in [1.165, 1.54) is 0 Å². The van der Waals surface area contributed by atoms with E-state index in [-0.39, 0.29) is 6.04 Å². The fourth-order valence-corrected chi connectivity index (χ4v) is 2.46. The van der Waals surface area contributed by atoms with Gasteiger partial charge in [0.05, 0.1) is 11.8 Å². The number of hydrogen-bond acceptors (Lipinski definition) is 3. The van der Waals surface area contributed by atoms with Gasteiger partial charge >= 0.3 is 0 Å². The lowest BCUT2D eigenvalue weighted by molar-refractivity contribution is 0.683. The molecule has 2 aromatic rings. The van der Waals surface area contributed by atoms with Crippen LogP contribution in [0, 0.1) is 11.3 Å². The summed E-state index contributed by atoms with van der Waals surface area (Å²) in [6.45, 7) is 4.33. The zero-order valence-electron chi connectivity index (χ0n) is 13.0. The number of unbranched alkanes of at least 4 members (excludes halogenated alkanes) is 2. The molecule has 0 aromatic carbocycles. The summed E-state index contributed by atoms with van der Waals surface area (Å²) < 4.78 is 2.06. The lowest BCUT2D eigenvalue weighted by Crippen LogP contribution is -2.19. The van der Waals surface area contributed by atoms with Crippen molar-refractivity contribution in [2.75, 3.05) is 5.32 Å². The first-order valence-corrected chi connectivity index (χ1v) is 7.92. The van der Waals surface area contributed by atoms with Crippen LogP contribution in [0.4, 0.5) is 5.82 Å². The van der Waals surface area contributed by atoms with Crippen molar-refractivity contribution in [1.82, 2.24) is 9.38 Å². The van der Waals surface area contributed by atoms with Crippen LogP contribution in [0.3, 0.4) is 0 Å². The first kappa shape index (κ1) is 15.4. The maximum Gasteiger partial charge on any atom is 0.138 e. The minimum absolute atomic E-state index is 0.148. The molecule has 21 heavy (non-hydrogen) atoms. The van der Waals surface area contributed by atoms with Gasteiger partial charge in [0, 0.05) is 6.20 Å². The van der Waals surface area contributed by atoms with Gasteiger partial charge in [0.1, 0.15) is 17.5 Å². The molecule has 4 nitrogen and oxygen atoms in total. The number of imidazole rings is 1. The molecule has 1 N–H and O–H groups in total. The number of nitrogens with zero attached hydrogens (tertiary/aromatic N) is 3. The second-order valence-electron chi connectivity index (χ2n) is 5.41. The quantitative estimate of drug-likeness (QED) is 0.791. The van der Waals surface area contributed by atoms with E-state index < -0.39 is 0 Å². The molecule has 2 heterocycles. The Morgan fingerprint density at radius 1 is 1.29 bits per heavy atom. The second kappa shape index (κ2) is 7.68. The summed E-state index contributed by atoms with van der Waals surface area (Å²) in [6.07, 6.45) is 8.26. The molecule has 2 rings (SSSR count). The van der Waals surface area contributed by atoms with Gasteiger partial charge in [0.25, 0.3) is 0 Å². The topological polar surface area (TPSA) is 53.1 Å². The Hall–Kier alpha value is -2.02. The maximum atomic E-state index is 9.35. The molecule has 112 valence electrons. The number of rotatable bonds is 8. The molecule has 0 radical (unpaired) electrons. The first-order valence-electron chi connectivity index (χ1n) is 7.92. The van der Waals surface area contributed by atoms with E-state index >= 15 is 0 Å². The number of fused-ring (bicyclic) bond motifs is 1. The van der Waals surface area contributed by atoms with Crippen LogP contribution in [0.25, 0.3) is 5.65 Å². The van der Waals surface area contributed by atoms with Crippen LogP contribution in [-0.4, -0.2) is 15.4 Å². The number of hydrogen-bond donors (Lipinski definition) is 1. The van der Waals surface area contributed by atoms with E-state index in [9.17, 15) is 5.26 Å². The third-order valence-corrected chi connectivity index (χ3v) is 3.68. The maximum absolute atomic E-state index is 9.35. The van der Waals surface area contributed by atoms with E-state index in [2.05, 4.69) is 29.6 Å². The molecular formula is C17H24N4. The van der Waals surface area contributed by atoms with E-state index in [4.69, 9.17) is 4.98 Å². The molecule has 1 atom stereocenters. The first-order chi connectivity index (χ1) is 10.3. The third-order valence-electron chi connectivity index (χ3n) is 3.68. The van der Waals surface area contributed by atoms with Gasteiger partial charge in [-0.1, -0.05) is 39.2 Å². The van der Waals surface area contributed by atoms with E-state index in [1.54, 1.807) is 0 Å². The number of nitrogens with one attached hydrogen (secondary N) is 1. The van der Waals surface area contributed by atoms with Crippen molar-refractivity contribution in [2.45, 2.75) is 58.4 Å². The van der Waals surface area contributed by atoms with Crippen molar-refractivity contribution in [2.24, 2.45) is 0 Å². The lowest BCUT2D eigenvalue weighted by atomic mass is 10.1. The Bertz CT molecular complexity index is 609. The van der Waals surface area contributed by atoms with Crippen LogP contribution in [0.5, 0.6) is 0 Å². The number of aryl methyl sites for hydroxylation is 1. The molecule has 4 heteroatoms. The highest BCUT2D eigenvalue weighted by molar-refractivity contribution is 5.56. The molecular weight excluding hydrogens is 260 g/mol. The predicted molar refractivity (Wildman–Crippen MR) is 86.4 cm³/mol. The molecule has 0 aliphatic carbocycles. The van der Waals surface area contributed by atoms with Crippen LogP contribution >= 0.6 is 0 Å². The molecule has 0 aliphatic rings. The van der Waals surface area contributed by atoms with E-state index in [0.29, 0.717) is 0 Å². The van der Waals surface area contributed by atoms with Gasteiger partial charge in [-0.3, -0.25) is 4.40 Å². The van der Waals surface area contributed by atoms with Crippen molar-refractivity contribution in [3.8, 4) is 6.07 Å². The highest BCUT2D eigenvalue weighted by Crippen LogP contribution is 2.21. The summed E-state index contributed by atoms with van der Waals surface area (Å²) in [7, 11) is 0. The van der Waals surface area contributed by atoms with Crippen molar-refractivity contribution < 1.29 is 0 Å². The Labute approximate surface area is 126 Å². The fourth-order valence-electron chi connectivity index (χ4n) is 2.46. The summed E-state index contributed by atoms with van der Waals surface area (Å²) in [6, 6.07) is 8.22. The zero-order chi connectivity index (χ0) is 15.1. The molecule has 1 unspecified atom stereocenters. The monoisotopic (exact) mass is 284 g/mol. The standard InChI is InChI=1S/C17H24N4/c1-3-5-9-14(13-18)19-17-15(10-6-4-2)20-16-11-7-8-12-21(16)17/h7-8,11-12,14,19H,3-6,9-10H2,1-2H3. The van der Waals surface area contributed by atoms with E-state index in [1.807, 2.05) is 24.4 Å². The molecule has 0 aliphatic heterocycles. The summed E-state index contributed by atoms with van der Waals surface area (Å²) in [4.78, 5) is 4.71. The minimum atomic E-state index is -0.148. The van der Waals surface area contributed by atoms with Crippen molar-refractivity contribution in [3.63, 3.8) is 0 Å². The van der Waals surface area contributed by atoms with Gasteiger partial charge in [0.2, 0.25) is 0 Å².